The molecule has 7 heteroatoms. The largest absolute Gasteiger partial charge is 0.363 e. The SMILES string of the molecule is C[C@H]1/C(=N/C(=O)Nc2ccc(Cl)cc2)CCN1c1ccc(C#N)c(Cl)c1. The molecular weight excluding hydrogens is 371 g/mol. The van der Waals surface area contributed by atoms with Crippen LogP contribution in [-0.2, 0) is 0 Å². The molecule has 1 atom stereocenters. The molecule has 1 saturated heterocycles. The molecule has 0 aliphatic carbocycles. The summed E-state index contributed by atoms with van der Waals surface area (Å²) < 4.78 is 0. The molecule has 26 heavy (non-hydrogen) atoms. The molecule has 0 bridgehead atoms. The van der Waals surface area contributed by atoms with Gasteiger partial charge in [-0.05, 0) is 49.4 Å². The Bertz CT molecular complexity index is 903. The molecule has 1 aliphatic rings. The summed E-state index contributed by atoms with van der Waals surface area (Å²) in [6.07, 6.45) is 0.687. The van der Waals surface area contributed by atoms with Gasteiger partial charge in [-0.2, -0.15) is 5.26 Å². The zero-order valence-electron chi connectivity index (χ0n) is 14.0. The predicted octanol–water partition coefficient (Wildman–Crippen LogP) is 5.14. The molecule has 0 saturated carbocycles. The molecule has 5 nitrogen and oxygen atoms in total. The lowest BCUT2D eigenvalue weighted by Gasteiger charge is -2.23. The minimum Gasteiger partial charge on any atom is -0.363 e. The van der Waals surface area contributed by atoms with Crippen LogP contribution in [0.1, 0.15) is 18.9 Å². The first-order valence-electron chi connectivity index (χ1n) is 8.08. The fraction of sp³-hybridized carbons (Fsp3) is 0.211. The second-order valence-electron chi connectivity index (χ2n) is 5.94. The van der Waals surface area contributed by atoms with E-state index in [2.05, 4.69) is 21.3 Å². The Morgan fingerprint density at radius 2 is 2.00 bits per heavy atom. The number of carbonyl (C=O) groups is 1. The average Bonchev–Trinajstić information content (AvgIpc) is 2.97. The van der Waals surface area contributed by atoms with Crippen molar-refractivity contribution in [2.24, 2.45) is 4.99 Å². The number of nitriles is 1. The maximum absolute atomic E-state index is 12.2. The second-order valence-corrected chi connectivity index (χ2v) is 6.78. The summed E-state index contributed by atoms with van der Waals surface area (Å²) in [5.41, 5.74) is 2.80. The number of urea groups is 1. The van der Waals surface area contributed by atoms with Crippen LogP contribution in [0.4, 0.5) is 16.2 Å². The lowest BCUT2D eigenvalue weighted by Crippen LogP contribution is -2.30. The summed E-state index contributed by atoms with van der Waals surface area (Å²) in [5, 5.41) is 12.7. The van der Waals surface area contributed by atoms with Gasteiger partial charge in [-0.1, -0.05) is 23.2 Å². The lowest BCUT2D eigenvalue weighted by molar-refractivity contribution is 0.259. The van der Waals surface area contributed by atoms with Crippen molar-refractivity contribution in [1.82, 2.24) is 0 Å². The van der Waals surface area contributed by atoms with E-state index in [1.807, 2.05) is 13.0 Å². The van der Waals surface area contributed by atoms with Crippen LogP contribution in [0.2, 0.25) is 10.0 Å². The number of rotatable bonds is 2. The van der Waals surface area contributed by atoms with E-state index in [1.165, 1.54) is 0 Å². The zero-order chi connectivity index (χ0) is 18.7. The monoisotopic (exact) mass is 386 g/mol. The molecule has 1 N–H and O–H groups in total. The number of anilines is 2. The smallest absolute Gasteiger partial charge is 0.345 e. The molecule has 1 heterocycles. The van der Waals surface area contributed by atoms with Crippen molar-refractivity contribution in [3.63, 3.8) is 0 Å². The van der Waals surface area contributed by atoms with Gasteiger partial charge >= 0.3 is 6.03 Å². The van der Waals surface area contributed by atoms with Crippen LogP contribution in [0.25, 0.3) is 0 Å². The molecule has 2 aromatic rings. The maximum Gasteiger partial charge on any atom is 0.345 e. The van der Waals surface area contributed by atoms with E-state index in [0.717, 1.165) is 17.9 Å². The molecule has 0 aromatic heterocycles. The number of amides is 2. The number of nitrogens with one attached hydrogen (secondary N) is 1. The van der Waals surface area contributed by atoms with Gasteiger partial charge in [0, 0.05) is 35.1 Å². The summed E-state index contributed by atoms with van der Waals surface area (Å²) in [6.45, 7) is 2.73. The lowest BCUT2D eigenvalue weighted by atomic mass is 10.2. The Hall–Kier alpha value is -2.55. The van der Waals surface area contributed by atoms with Gasteiger partial charge in [-0.15, -0.1) is 0 Å². The first kappa shape index (κ1) is 18.2. The highest BCUT2D eigenvalue weighted by Gasteiger charge is 2.28. The fourth-order valence-corrected chi connectivity index (χ4v) is 3.25. The number of carbonyl (C=O) groups excluding carboxylic acids is 1. The Kier molecular flexibility index (Phi) is 5.46. The molecule has 132 valence electrons. The normalized spacial score (nSPS) is 18.0. The molecule has 1 aliphatic heterocycles. The van der Waals surface area contributed by atoms with E-state index < -0.39 is 6.03 Å². The molecule has 0 unspecified atom stereocenters. The molecular formula is C19H16Cl2N4O. The number of benzene rings is 2. The van der Waals surface area contributed by atoms with Crippen molar-refractivity contribution in [1.29, 1.82) is 5.26 Å². The Morgan fingerprint density at radius 3 is 2.65 bits per heavy atom. The first-order valence-corrected chi connectivity index (χ1v) is 8.84. The Balaban J connectivity index is 1.71. The van der Waals surface area contributed by atoms with Crippen molar-refractivity contribution < 1.29 is 4.79 Å². The Labute approximate surface area is 161 Å². The summed E-state index contributed by atoms with van der Waals surface area (Å²) in [5.74, 6) is 0. The van der Waals surface area contributed by atoms with E-state index in [1.54, 1.807) is 36.4 Å². The van der Waals surface area contributed by atoms with Gasteiger partial charge in [0.25, 0.3) is 0 Å². The molecule has 2 aromatic carbocycles. The molecule has 2 amide bonds. The Morgan fingerprint density at radius 1 is 1.27 bits per heavy atom. The van der Waals surface area contributed by atoms with Gasteiger partial charge in [0.2, 0.25) is 0 Å². The first-order chi connectivity index (χ1) is 12.5. The third kappa shape index (κ3) is 3.98. The maximum atomic E-state index is 12.2. The van der Waals surface area contributed by atoms with Crippen LogP contribution in [0, 0.1) is 11.3 Å². The van der Waals surface area contributed by atoms with Gasteiger partial charge in [0.05, 0.1) is 16.6 Å². The van der Waals surface area contributed by atoms with E-state index in [0.29, 0.717) is 27.7 Å². The van der Waals surface area contributed by atoms with Crippen LogP contribution >= 0.6 is 23.2 Å². The number of aliphatic imine (C=N–C) groups is 1. The van der Waals surface area contributed by atoms with Crippen molar-refractivity contribution in [2.45, 2.75) is 19.4 Å². The highest BCUT2D eigenvalue weighted by atomic mass is 35.5. The van der Waals surface area contributed by atoms with Crippen molar-refractivity contribution in [2.75, 3.05) is 16.8 Å². The summed E-state index contributed by atoms with van der Waals surface area (Å²) in [6, 6.07) is 13.8. The van der Waals surface area contributed by atoms with Crippen LogP contribution < -0.4 is 10.2 Å². The average molecular weight is 387 g/mol. The molecule has 3 rings (SSSR count). The van der Waals surface area contributed by atoms with Gasteiger partial charge in [-0.25, -0.2) is 9.79 Å². The fourth-order valence-electron chi connectivity index (χ4n) is 2.91. The van der Waals surface area contributed by atoms with Crippen LogP contribution in [-0.4, -0.2) is 24.3 Å². The standard InChI is InChI=1S/C19H16Cl2N4O/c1-12-18(24-19(26)23-15-5-3-14(20)4-6-15)8-9-25(12)16-7-2-13(11-22)17(21)10-16/h2-7,10,12H,8-9H2,1H3,(H,23,26)/b24-18+/t12-/m0/s1. The highest BCUT2D eigenvalue weighted by molar-refractivity contribution is 6.32. The zero-order valence-corrected chi connectivity index (χ0v) is 15.6. The van der Waals surface area contributed by atoms with Crippen molar-refractivity contribution in [3.05, 3.63) is 58.1 Å². The predicted molar refractivity (Wildman–Crippen MR) is 105 cm³/mol. The molecule has 0 spiro atoms. The number of hydrogen-bond donors (Lipinski definition) is 1. The van der Waals surface area contributed by atoms with E-state index >= 15 is 0 Å². The highest BCUT2D eigenvalue weighted by Crippen LogP contribution is 2.28. The van der Waals surface area contributed by atoms with Crippen LogP contribution in [0.5, 0.6) is 0 Å². The summed E-state index contributed by atoms with van der Waals surface area (Å²) in [4.78, 5) is 18.5. The van der Waals surface area contributed by atoms with Gasteiger partial charge in [0.15, 0.2) is 0 Å². The number of halogens is 2. The minimum absolute atomic E-state index is 0.0324. The second kappa shape index (κ2) is 7.77. The van der Waals surface area contributed by atoms with E-state index in [-0.39, 0.29) is 6.04 Å². The topological polar surface area (TPSA) is 68.5 Å². The van der Waals surface area contributed by atoms with E-state index in [4.69, 9.17) is 28.5 Å². The third-order valence-corrected chi connectivity index (χ3v) is 4.87. The molecule has 0 radical (unpaired) electrons. The van der Waals surface area contributed by atoms with Gasteiger partial charge < -0.3 is 10.2 Å². The van der Waals surface area contributed by atoms with Crippen molar-refractivity contribution >= 4 is 46.3 Å². The quantitative estimate of drug-likeness (QED) is 0.776. The van der Waals surface area contributed by atoms with E-state index in [9.17, 15) is 4.79 Å². The number of nitrogens with zero attached hydrogens (tertiary/aromatic N) is 3. The van der Waals surface area contributed by atoms with Crippen LogP contribution in [0.15, 0.2) is 47.5 Å². The summed E-state index contributed by atoms with van der Waals surface area (Å²) in [7, 11) is 0. The molecule has 1 fully saturated rings. The van der Waals surface area contributed by atoms with Gasteiger partial charge in [0.1, 0.15) is 6.07 Å². The third-order valence-electron chi connectivity index (χ3n) is 4.30. The van der Waals surface area contributed by atoms with Crippen molar-refractivity contribution in [3.8, 4) is 6.07 Å². The minimum atomic E-state index is -0.408. The van der Waals surface area contributed by atoms with Crippen LogP contribution in [0.3, 0.4) is 0 Å². The number of hydrogen-bond acceptors (Lipinski definition) is 3. The summed E-state index contributed by atoms with van der Waals surface area (Å²) >= 11 is 12.0. The van der Waals surface area contributed by atoms with Gasteiger partial charge in [-0.3, -0.25) is 0 Å².